The fraction of sp³-hybridized carbons (Fsp3) is 0.500. The molecule has 21 heavy (non-hydrogen) atoms. The average Bonchev–Trinajstić information content (AvgIpc) is 2.42. The van der Waals surface area contributed by atoms with E-state index in [1.165, 1.54) is 5.56 Å². The number of rotatable bonds is 2. The maximum atomic E-state index is 10.6. The van der Waals surface area contributed by atoms with Crippen molar-refractivity contribution in [1.29, 1.82) is 0 Å². The van der Waals surface area contributed by atoms with Gasteiger partial charge >= 0.3 is 12.1 Å². The Bertz CT molecular complexity index is 438. The maximum Gasteiger partial charge on any atom is 0.490 e. The van der Waals surface area contributed by atoms with E-state index < -0.39 is 12.1 Å². The van der Waals surface area contributed by atoms with Crippen molar-refractivity contribution in [3.63, 3.8) is 0 Å². The molecule has 0 aliphatic carbocycles. The molecule has 7 heteroatoms. The molecule has 4 nitrogen and oxygen atoms in total. The number of nitrogens with one attached hydrogen (secondary N) is 1. The molecule has 1 aliphatic heterocycles. The van der Waals surface area contributed by atoms with Gasteiger partial charge in [0.05, 0.1) is 0 Å². The number of aliphatic carboxylic acids is 1. The molecule has 1 fully saturated rings. The average molecular weight is 304 g/mol. The van der Waals surface area contributed by atoms with Crippen molar-refractivity contribution in [2.45, 2.75) is 25.7 Å². The molecule has 0 bridgehead atoms. The highest BCUT2D eigenvalue weighted by molar-refractivity contribution is 5.73. The monoisotopic (exact) mass is 304 g/mol. The van der Waals surface area contributed by atoms with Crippen LogP contribution in [0.25, 0.3) is 0 Å². The molecule has 1 atom stereocenters. The van der Waals surface area contributed by atoms with E-state index in [1.807, 2.05) is 0 Å². The fourth-order valence-electron chi connectivity index (χ4n) is 1.94. The van der Waals surface area contributed by atoms with Gasteiger partial charge in [-0.3, -0.25) is 4.90 Å². The number of carboxylic acid groups (broad SMARTS) is 1. The zero-order chi connectivity index (χ0) is 15.9. The Balaban J connectivity index is 0.000000270. The molecule has 1 heterocycles. The number of carboxylic acids is 1. The van der Waals surface area contributed by atoms with E-state index in [-0.39, 0.29) is 0 Å². The van der Waals surface area contributed by atoms with Crippen LogP contribution in [0.15, 0.2) is 30.3 Å². The Hall–Kier alpha value is -1.60. The van der Waals surface area contributed by atoms with E-state index in [4.69, 9.17) is 9.90 Å². The molecule has 2 rings (SSSR count). The zero-order valence-corrected chi connectivity index (χ0v) is 11.7. The number of benzene rings is 1. The summed E-state index contributed by atoms with van der Waals surface area (Å²) in [6, 6.07) is 11.4. The molecule has 118 valence electrons. The first kappa shape index (κ1) is 17.5. The minimum Gasteiger partial charge on any atom is -0.475 e. The predicted molar refractivity (Wildman–Crippen MR) is 72.9 cm³/mol. The molecule has 1 aliphatic rings. The molecule has 1 aromatic rings. The number of nitrogens with zero attached hydrogens (tertiary/aromatic N) is 1. The number of alkyl halides is 3. The van der Waals surface area contributed by atoms with Gasteiger partial charge in [-0.15, -0.1) is 0 Å². The second-order valence-electron chi connectivity index (χ2n) is 4.81. The SMILES string of the molecule is CC1CNCCN1Cc1ccccc1.O=C(O)C(F)(F)F. The van der Waals surface area contributed by atoms with Gasteiger partial charge in [-0.1, -0.05) is 30.3 Å². The third kappa shape index (κ3) is 6.59. The minimum atomic E-state index is -5.08. The van der Waals surface area contributed by atoms with Crippen molar-refractivity contribution in [2.75, 3.05) is 19.6 Å². The standard InChI is InChI=1S/C12H18N2.C2HF3O2/c1-11-9-13-7-8-14(11)10-12-5-3-2-4-6-12;3-2(4,5)1(6)7/h2-6,11,13H,7-10H2,1H3;(H,6,7). The normalized spacial score (nSPS) is 19.5. The van der Waals surface area contributed by atoms with Gasteiger partial charge < -0.3 is 10.4 Å². The maximum absolute atomic E-state index is 10.6. The summed E-state index contributed by atoms with van der Waals surface area (Å²) < 4.78 is 31.7. The van der Waals surface area contributed by atoms with Crippen LogP contribution < -0.4 is 5.32 Å². The first-order valence-electron chi connectivity index (χ1n) is 6.59. The van der Waals surface area contributed by atoms with Crippen LogP contribution in [0.2, 0.25) is 0 Å². The summed E-state index contributed by atoms with van der Waals surface area (Å²) in [5.74, 6) is -2.76. The van der Waals surface area contributed by atoms with E-state index in [0.29, 0.717) is 6.04 Å². The molecule has 1 aromatic carbocycles. The Morgan fingerprint density at radius 2 is 1.95 bits per heavy atom. The van der Waals surface area contributed by atoms with E-state index in [1.54, 1.807) is 0 Å². The molecule has 0 radical (unpaired) electrons. The quantitative estimate of drug-likeness (QED) is 0.879. The zero-order valence-electron chi connectivity index (χ0n) is 11.7. The Kier molecular flexibility index (Phi) is 6.64. The van der Waals surface area contributed by atoms with Crippen LogP contribution in [0.1, 0.15) is 12.5 Å². The Morgan fingerprint density at radius 3 is 2.43 bits per heavy atom. The van der Waals surface area contributed by atoms with Gasteiger partial charge in [0.2, 0.25) is 0 Å². The molecule has 0 saturated carbocycles. The summed E-state index contributed by atoms with van der Waals surface area (Å²) in [6.45, 7) is 6.78. The Morgan fingerprint density at radius 1 is 1.38 bits per heavy atom. The van der Waals surface area contributed by atoms with Crippen LogP contribution in [0.3, 0.4) is 0 Å². The minimum absolute atomic E-state index is 0.656. The van der Waals surface area contributed by atoms with Crippen molar-refractivity contribution in [3.05, 3.63) is 35.9 Å². The van der Waals surface area contributed by atoms with E-state index >= 15 is 0 Å². The first-order valence-corrected chi connectivity index (χ1v) is 6.59. The summed E-state index contributed by atoms with van der Waals surface area (Å²) in [4.78, 5) is 11.4. The molecule has 1 unspecified atom stereocenters. The van der Waals surface area contributed by atoms with Gasteiger partial charge in [-0.25, -0.2) is 4.79 Å². The summed E-state index contributed by atoms with van der Waals surface area (Å²) in [7, 11) is 0. The fourth-order valence-corrected chi connectivity index (χ4v) is 1.94. The van der Waals surface area contributed by atoms with Crippen LogP contribution in [0.5, 0.6) is 0 Å². The van der Waals surface area contributed by atoms with Gasteiger partial charge in [0.15, 0.2) is 0 Å². The van der Waals surface area contributed by atoms with Crippen LogP contribution in [0.4, 0.5) is 13.2 Å². The van der Waals surface area contributed by atoms with Crippen molar-refractivity contribution in [2.24, 2.45) is 0 Å². The number of carbonyl (C=O) groups is 1. The number of halogens is 3. The van der Waals surface area contributed by atoms with Gasteiger partial charge in [0.1, 0.15) is 0 Å². The highest BCUT2D eigenvalue weighted by atomic mass is 19.4. The lowest BCUT2D eigenvalue weighted by Gasteiger charge is -2.33. The first-order chi connectivity index (χ1) is 9.80. The molecule has 2 N–H and O–H groups in total. The van der Waals surface area contributed by atoms with E-state index in [9.17, 15) is 13.2 Å². The predicted octanol–water partition coefficient (Wildman–Crippen LogP) is 2.11. The van der Waals surface area contributed by atoms with Crippen LogP contribution in [0, 0.1) is 0 Å². The van der Waals surface area contributed by atoms with Crippen molar-refractivity contribution >= 4 is 5.97 Å². The van der Waals surface area contributed by atoms with Crippen molar-refractivity contribution in [3.8, 4) is 0 Å². The highest BCUT2D eigenvalue weighted by Crippen LogP contribution is 2.13. The number of hydrogen-bond donors (Lipinski definition) is 2. The number of piperazine rings is 1. The van der Waals surface area contributed by atoms with Gasteiger partial charge in [-0.05, 0) is 12.5 Å². The van der Waals surface area contributed by atoms with Gasteiger partial charge in [0, 0.05) is 32.2 Å². The largest absolute Gasteiger partial charge is 0.490 e. The molecule has 0 amide bonds. The second-order valence-corrected chi connectivity index (χ2v) is 4.81. The lowest BCUT2D eigenvalue weighted by Crippen LogP contribution is -2.49. The molecule has 0 aromatic heterocycles. The summed E-state index contributed by atoms with van der Waals surface area (Å²) >= 11 is 0. The Labute approximate surface area is 121 Å². The van der Waals surface area contributed by atoms with E-state index in [2.05, 4.69) is 47.5 Å². The topological polar surface area (TPSA) is 52.6 Å². The molecule has 1 saturated heterocycles. The summed E-state index contributed by atoms with van der Waals surface area (Å²) in [5.41, 5.74) is 1.42. The summed E-state index contributed by atoms with van der Waals surface area (Å²) in [6.07, 6.45) is -5.08. The van der Waals surface area contributed by atoms with Crippen molar-refractivity contribution < 1.29 is 23.1 Å². The van der Waals surface area contributed by atoms with Crippen molar-refractivity contribution in [1.82, 2.24) is 10.2 Å². The highest BCUT2D eigenvalue weighted by Gasteiger charge is 2.38. The molecular formula is C14H19F3N2O2. The van der Waals surface area contributed by atoms with E-state index in [0.717, 1.165) is 26.2 Å². The lowest BCUT2D eigenvalue weighted by molar-refractivity contribution is -0.192. The van der Waals surface area contributed by atoms with Gasteiger partial charge in [0.25, 0.3) is 0 Å². The number of hydrogen-bond acceptors (Lipinski definition) is 3. The third-order valence-corrected chi connectivity index (χ3v) is 3.11. The smallest absolute Gasteiger partial charge is 0.475 e. The lowest BCUT2D eigenvalue weighted by atomic mass is 10.1. The van der Waals surface area contributed by atoms with Crippen LogP contribution >= 0.6 is 0 Å². The molecule has 0 spiro atoms. The van der Waals surface area contributed by atoms with Crippen LogP contribution in [-0.2, 0) is 11.3 Å². The molecular weight excluding hydrogens is 285 g/mol. The second kappa shape index (κ2) is 7.99. The third-order valence-electron chi connectivity index (χ3n) is 3.11. The van der Waals surface area contributed by atoms with Gasteiger partial charge in [-0.2, -0.15) is 13.2 Å². The summed E-state index contributed by atoms with van der Waals surface area (Å²) in [5, 5.41) is 10.5. The van der Waals surface area contributed by atoms with Crippen LogP contribution in [-0.4, -0.2) is 47.8 Å².